The van der Waals surface area contributed by atoms with E-state index in [1.165, 1.54) is 20.8 Å². The van der Waals surface area contributed by atoms with E-state index in [1.807, 2.05) is 0 Å². The van der Waals surface area contributed by atoms with Crippen molar-refractivity contribution in [1.29, 1.82) is 15.8 Å². The van der Waals surface area contributed by atoms with Crippen molar-refractivity contribution in [2.45, 2.75) is 20.8 Å². The number of rotatable bonds is 0. The Morgan fingerprint density at radius 3 is 0.625 bits per heavy atom. The first-order chi connectivity index (χ1) is 6.69. The van der Waals surface area contributed by atoms with Gasteiger partial charge in [0.1, 0.15) is 0 Å². The van der Waals surface area contributed by atoms with E-state index in [0.717, 1.165) is 0 Å². The molecule has 0 spiro atoms. The molecule has 0 atom stereocenters. The van der Waals surface area contributed by atoms with Crippen LogP contribution in [0.2, 0.25) is 0 Å². The standard InChI is InChI=1S/3C2H3N.6FH.Sb/c3*1-2-3;;;;;;;/h3*1H3;6*1H;/q;;;;;;;;;+5/p-6. The maximum absolute atomic E-state index is 11.2. The van der Waals surface area contributed by atoms with E-state index in [9.17, 15) is 16.9 Å². The number of halogens is 6. The van der Waals surface area contributed by atoms with E-state index >= 15 is 0 Å². The second-order valence-corrected chi connectivity index (χ2v) is 7.10. The van der Waals surface area contributed by atoms with Crippen molar-refractivity contribution in [3.8, 4) is 18.2 Å². The van der Waals surface area contributed by atoms with Crippen molar-refractivity contribution < 1.29 is 16.9 Å². The van der Waals surface area contributed by atoms with Crippen LogP contribution in [0.4, 0.5) is 16.9 Å². The van der Waals surface area contributed by atoms with Crippen LogP contribution in [0.15, 0.2) is 0 Å². The molecule has 0 fully saturated rings. The average molecular weight is 359 g/mol. The summed E-state index contributed by atoms with van der Waals surface area (Å²) >= 11 is -11.2. The summed E-state index contributed by atoms with van der Waals surface area (Å²) in [5.41, 5.74) is 0. The minimum atomic E-state index is -11.2. The summed E-state index contributed by atoms with van der Waals surface area (Å²) in [5, 5.41) is 22.0. The van der Waals surface area contributed by atoms with E-state index in [4.69, 9.17) is 15.8 Å². The van der Waals surface area contributed by atoms with Gasteiger partial charge in [-0.15, -0.1) is 0 Å². The summed E-state index contributed by atoms with van der Waals surface area (Å²) < 4.78 is 59.6. The Labute approximate surface area is 91.4 Å². The zero-order valence-corrected chi connectivity index (χ0v) is 11.1. The van der Waals surface area contributed by atoms with E-state index in [0.29, 0.717) is 0 Å². The van der Waals surface area contributed by atoms with Crippen molar-refractivity contribution in [3.05, 3.63) is 0 Å². The van der Waals surface area contributed by atoms with Crippen molar-refractivity contribution in [2.75, 3.05) is 0 Å². The normalized spacial score (nSPS) is 11.6. The number of hydrogen-bond donors (Lipinski definition) is 0. The zero-order valence-electron chi connectivity index (χ0n) is 8.56. The van der Waals surface area contributed by atoms with Crippen molar-refractivity contribution >= 4 is 19.5 Å². The van der Waals surface area contributed by atoms with Gasteiger partial charge in [0.2, 0.25) is 0 Å². The van der Waals surface area contributed by atoms with Gasteiger partial charge in [0.15, 0.2) is 0 Å². The molecule has 10 heteroatoms. The fourth-order valence-electron chi connectivity index (χ4n) is 0. The molecule has 0 amide bonds. The van der Waals surface area contributed by atoms with Gasteiger partial charge in [0.05, 0.1) is 18.2 Å². The summed E-state index contributed by atoms with van der Waals surface area (Å²) in [4.78, 5) is 0. The van der Waals surface area contributed by atoms with E-state index < -0.39 is 19.5 Å². The minimum absolute atomic E-state index is 1.43. The zero-order chi connectivity index (χ0) is 14.5. The monoisotopic (exact) mass is 358 g/mol. The molecule has 0 saturated heterocycles. The quantitative estimate of drug-likeness (QED) is 0.489. The molecule has 0 unspecified atom stereocenters. The first-order valence-corrected chi connectivity index (χ1v) is 8.97. The first kappa shape index (κ1) is 24.2. The molecule has 0 aliphatic carbocycles. The molecule has 16 heavy (non-hydrogen) atoms. The molecule has 0 radical (unpaired) electrons. The Morgan fingerprint density at radius 2 is 0.625 bits per heavy atom. The molecule has 0 aromatic rings. The number of hydrogen-bond acceptors (Lipinski definition) is 3. The van der Waals surface area contributed by atoms with Crippen LogP contribution in [0.3, 0.4) is 0 Å². The van der Waals surface area contributed by atoms with Crippen LogP contribution in [-0.4, -0.2) is 19.5 Å². The molecule has 96 valence electrons. The van der Waals surface area contributed by atoms with E-state index in [1.54, 1.807) is 18.2 Å². The Kier molecular flexibility index (Phi) is 12.2. The molecule has 0 bridgehead atoms. The summed E-state index contributed by atoms with van der Waals surface area (Å²) in [6.45, 7) is 4.29. The van der Waals surface area contributed by atoms with Crippen LogP contribution in [0.25, 0.3) is 0 Å². The molecule has 0 aromatic carbocycles. The third kappa shape index (κ3) is 1410. The van der Waals surface area contributed by atoms with Crippen molar-refractivity contribution in [3.63, 3.8) is 0 Å². The molecule has 0 aliphatic rings. The maximum atomic E-state index is 9.93. The van der Waals surface area contributed by atoms with Gasteiger partial charge in [-0.3, -0.25) is 0 Å². The molecule has 0 heterocycles. The summed E-state index contributed by atoms with van der Waals surface area (Å²) in [6.07, 6.45) is 0. The summed E-state index contributed by atoms with van der Waals surface area (Å²) in [5.74, 6) is 0. The fraction of sp³-hybridized carbons (Fsp3) is 0.500. The summed E-state index contributed by atoms with van der Waals surface area (Å²) in [7, 11) is 0. The van der Waals surface area contributed by atoms with Crippen LogP contribution in [0.1, 0.15) is 20.8 Å². The SMILES string of the molecule is CC#N.CC#N.CC#N.[F][Sb-]([F])([F])([F])([F])[F]. The predicted octanol–water partition coefficient (Wildman–Crippen LogP) is 3.73. The van der Waals surface area contributed by atoms with Gasteiger partial charge >= 0.3 is 36.4 Å². The van der Waals surface area contributed by atoms with Gasteiger partial charge in [-0.25, -0.2) is 0 Å². The van der Waals surface area contributed by atoms with Crippen molar-refractivity contribution in [2.24, 2.45) is 0 Å². The topological polar surface area (TPSA) is 71.4 Å². The van der Waals surface area contributed by atoms with Crippen molar-refractivity contribution in [1.82, 2.24) is 0 Å². The molecule has 0 rings (SSSR count). The number of nitriles is 3. The third-order valence-corrected chi connectivity index (χ3v) is 0. The second kappa shape index (κ2) is 8.07. The molecular weight excluding hydrogens is 350 g/mol. The summed E-state index contributed by atoms with van der Waals surface area (Å²) in [6, 6.07) is 5.25. The Hall–Kier alpha value is -1.13. The Morgan fingerprint density at radius 1 is 0.625 bits per heavy atom. The molecule has 3 nitrogen and oxygen atoms in total. The van der Waals surface area contributed by atoms with E-state index in [2.05, 4.69) is 0 Å². The molecule has 0 saturated carbocycles. The Bertz CT molecular complexity index is 245. The average Bonchev–Trinajstić information content (AvgIpc) is 1.82. The van der Waals surface area contributed by atoms with Gasteiger partial charge in [0.25, 0.3) is 0 Å². The molecule has 0 aromatic heterocycles. The van der Waals surface area contributed by atoms with Gasteiger partial charge in [0, 0.05) is 20.8 Å². The van der Waals surface area contributed by atoms with Crippen LogP contribution in [-0.2, 0) is 0 Å². The van der Waals surface area contributed by atoms with Crippen LogP contribution in [0, 0.1) is 34.0 Å². The van der Waals surface area contributed by atoms with Gasteiger partial charge in [-0.05, 0) is 0 Å². The van der Waals surface area contributed by atoms with Gasteiger partial charge < -0.3 is 0 Å². The van der Waals surface area contributed by atoms with Gasteiger partial charge in [-0.1, -0.05) is 0 Å². The molecule has 0 aliphatic heterocycles. The molecule has 0 N–H and O–H groups in total. The van der Waals surface area contributed by atoms with Crippen LogP contribution >= 0.6 is 0 Å². The fourth-order valence-corrected chi connectivity index (χ4v) is 0. The first-order valence-electron chi connectivity index (χ1n) is 3.19. The van der Waals surface area contributed by atoms with Crippen LogP contribution in [0.5, 0.6) is 0 Å². The number of nitrogens with zero attached hydrogens (tertiary/aromatic N) is 3. The third-order valence-electron chi connectivity index (χ3n) is 0. The van der Waals surface area contributed by atoms with Gasteiger partial charge in [-0.2, -0.15) is 15.8 Å². The van der Waals surface area contributed by atoms with Crippen LogP contribution < -0.4 is 0 Å². The predicted molar refractivity (Wildman–Crippen MR) is 46.3 cm³/mol. The Balaban J connectivity index is -0.0000000677. The second-order valence-electron chi connectivity index (χ2n) is 1.63. The van der Waals surface area contributed by atoms with E-state index in [-0.39, 0.29) is 0 Å². The molecular formula is C6H9F6N3Sb-.